The van der Waals surface area contributed by atoms with Gasteiger partial charge in [0.05, 0.1) is 57.8 Å². The topological polar surface area (TPSA) is 720 Å². The van der Waals surface area contributed by atoms with E-state index in [-0.39, 0.29) is 44.9 Å². The maximum absolute atomic E-state index is 15.3. The number of rotatable bonds is 49. The van der Waals surface area contributed by atoms with Gasteiger partial charge in [0.25, 0.3) is 82.7 Å². The Kier molecular flexibility index (Phi) is 32.8. The molecule has 0 aromatic carbocycles. The lowest BCUT2D eigenvalue weighted by Crippen LogP contribution is -2.52. The number of nitrogens with zero attached hydrogens (tertiary/aromatic N) is 10. The molecule has 0 radical (unpaired) electrons. The first-order valence-electron chi connectivity index (χ1n) is 40.6. The second kappa shape index (κ2) is 43.3. The SMILES string of the molecule is O=C(CCC(CCC(=O)NC(CCC(=O)ON1C(=O)CCC1=O)(CCC(=O)ON1C(=O)CCC1=O)CCC(=O)ON1C(=O)CCC1=O)(CCC(=O)NC(CCC(=O)ON1C(=O)CCC1=O)(CCC(=O)On1c(O)ccc1O)CCC(=O)On1c(O)ccc1O)[N+](=O)[O-])NC(CCC(=O)ON1C(=O)CCC1=O)(CCC(=O)ON1C(=O)CCC1=O)CCC(=O)ON1C(=O)CCC1=O. The fourth-order valence-electron chi connectivity index (χ4n) is 14.4. The van der Waals surface area contributed by atoms with Crippen LogP contribution in [0.2, 0.25) is 0 Å². The summed E-state index contributed by atoms with van der Waals surface area (Å²) in [5.74, 6) is -34.3. The number of aromatic hydroxyl groups is 4. The van der Waals surface area contributed by atoms with Crippen LogP contribution in [0.25, 0.3) is 0 Å². The van der Waals surface area contributed by atoms with E-state index in [9.17, 15) is 141 Å². The maximum Gasteiger partial charge on any atom is 0.333 e. The molecule has 7 saturated heterocycles. The molecule has 7 aliphatic rings. The number of aromatic nitrogens is 2. The Hall–Kier alpha value is -15.2. The Morgan fingerprint density at radius 3 is 0.531 bits per heavy atom. The third-order valence-corrected chi connectivity index (χ3v) is 21.7. The highest BCUT2D eigenvalue weighted by molar-refractivity contribution is 6.06. The predicted octanol–water partition coefficient (Wildman–Crippen LogP) is -2.08. The van der Waals surface area contributed by atoms with Crippen molar-refractivity contribution in [1.29, 1.82) is 0 Å². The molecule has 54 heteroatoms. The third kappa shape index (κ3) is 26.5. The molecule has 9 rings (SSSR count). The van der Waals surface area contributed by atoms with Crippen molar-refractivity contribution in [2.75, 3.05) is 0 Å². The summed E-state index contributed by atoms with van der Waals surface area (Å²) >= 11 is 0. The van der Waals surface area contributed by atoms with E-state index >= 15 is 14.4 Å². The van der Waals surface area contributed by atoms with E-state index in [0.717, 1.165) is 24.3 Å². The molecule has 2 aromatic heterocycles. The molecular weight excluding hydrogens is 1750 g/mol. The van der Waals surface area contributed by atoms with Crippen LogP contribution in [0, 0.1) is 10.1 Å². The second-order valence-electron chi connectivity index (χ2n) is 30.9. The minimum atomic E-state index is -2.99. The monoisotopic (exact) mass is 1840 g/mol. The van der Waals surface area contributed by atoms with Crippen molar-refractivity contribution in [3.05, 3.63) is 34.4 Å². The van der Waals surface area contributed by atoms with Crippen molar-refractivity contribution in [3.8, 4) is 23.5 Å². The molecule has 9 heterocycles. The summed E-state index contributed by atoms with van der Waals surface area (Å²) in [5.41, 5.74) is -9.98. The lowest BCUT2D eigenvalue weighted by atomic mass is 9.81. The zero-order chi connectivity index (χ0) is 95.3. The summed E-state index contributed by atoms with van der Waals surface area (Å²) in [7, 11) is 0. The summed E-state index contributed by atoms with van der Waals surface area (Å²) in [6.45, 7) is 0. The van der Waals surface area contributed by atoms with Crippen LogP contribution in [-0.4, -0.2) is 247 Å². The lowest BCUT2D eigenvalue weighted by molar-refractivity contribution is -0.573. The fourth-order valence-corrected chi connectivity index (χ4v) is 14.4. The minimum Gasteiger partial charge on any atom is -0.492 e. The first kappa shape index (κ1) is 98.6. The Morgan fingerprint density at radius 1 is 0.254 bits per heavy atom. The van der Waals surface area contributed by atoms with Gasteiger partial charge in [-0.15, -0.1) is 44.9 Å². The summed E-state index contributed by atoms with van der Waals surface area (Å²) in [6, 6.07) is 3.49. The molecule has 0 aliphatic carbocycles. The number of carbonyl (C=O) groups excluding carboxylic acids is 26. The fraction of sp³-hybridized carbons (Fsp3) is 0.553. The van der Waals surface area contributed by atoms with Crippen molar-refractivity contribution < 1.29 is 194 Å². The number of carbonyl (C=O) groups is 26. The Balaban J connectivity index is 1.11. The average molecular weight is 1840 g/mol. The molecule has 2 aromatic rings. The predicted molar refractivity (Wildman–Crippen MR) is 402 cm³/mol. The largest absolute Gasteiger partial charge is 0.492 e. The highest BCUT2D eigenvalue weighted by Gasteiger charge is 2.49. The number of hydrogen-bond acceptors (Lipinski definition) is 41. The van der Waals surface area contributed by atoms with Crippen LogP contribution in [-0.2, 0) is 159 Å². The zero-order valence-corrected chi connectivity index (χ0v) is 69.0. The van der Waals surface area contributed by atoms with Crippen molar-refractivity contribution in [2.24, 2.45) is 0 Å². The molecule has 702 valence electrons. The van der Waals surface area contributed by atoms with Crippen LogP contribution >= 0.6 is 0 Å². The van der Waals surface area contributed by atoms with E-state index in [1.807, 2.05) is 0 Å². The maximum atomic E-state index is 15.3. The number of hydroxylamine groups is 14. The van der Waals surface area contributed by atoms with Gasteiger partial charge in [-0.3, -0.25) is 91.6 Å². The van der Waals surface area contributed by atoms with Crippen LogP contribution < -0.4 is 25.6 Å². The number of nitro groups is 1. The molecule has 7 N–H and O–H groups in total. The molecule has 130 heavy (non-hydrogen) atoms. The van der Waals surface area contributed by atoms with Crippen molar-refractivity contribution in [2.45, 2.75) is 266 Å². The standard InChI is InChI=1S/C76H87N13O41/c90-43(77-73(31-22-64(111)122-80-46(93)1-2-47(80)94,32-23-65(112)123-81-48(95)3-4-49(81)96)33-24-66(113)124-82-50(97)5-6-51(82)98)19-40-76(89(120)121,41-20-44(91)78-74(34-25-67(114)125-83-52(99)7-8-53(83)100,35-26-68(115)126-84-54(101)9-10-55(84)102)36-27-69(116)127-85-56(103)11-12-57(85)104)42-21-45(92)79-75(37-28-70(117)128-86-58(105)13-14-59(86)106,38-29-71(118)129-87-60(107)15-16-61(87)108)39-30-72(119)130-88-62(109)17-18-63(88)110/h1-4,93-96H,5-42H2,(H,77,90)(H,78,91)(H,79,92). The Bertz CT molecular complexity index is 4320. The summed E-state index contributed by atoms with van der Waals surface area (Å²) < 4.78 is 0.442. The average Bonchev–Trinajstić information content (AvgIpc) is 0.946. The van der Waals surface area contributed by atoms with Gasteiger partial charge in [0.1, 0.15) is 0 Å². The third-order valence-electron chi connectivity index (χ3n) is 21.7. The van der Waals surface area contributed by atoms with Crippen molar-refractivity contribution >= 4 is 154 Å². The van der Waals surface area contributed by atoms with E-state index in [2.05, 4.69) is 16.0 Å². The van der Waals surface area contributed by atoms with Gasteiger partial charge in [-0.2, -0.15) is 0 Å². The van der Waals surface area contributed by atoms with Gasteiger partial charge < -0.3 is 79.9 Å². The lowest BCUT2D eigenvalue weighted by Gasteiger charge is -2.36. The highest BCUT2D eigenvalue weighted by atomic mass is 16.8. The van der Waals surface area contributed by atoms with E-state index in [1.54, 1.807) is 0 Å². The van der Waals surface area contributed by atoms with E-state index in [0.29, 0.717) is 0 Å². The van der Waals surface area contributed by atoms with Gasteiger partial charge >= 0.3 is 53.7 Å². The van der Waals surface area contributed by atoms with Crippen LogP contribution in [0.4, 0.5) is 0 Å². The Labute approximate surface area is 730 Å². The van der Waals surface area contributed by atoms with Gasteiger partial charge in [0, 0.05) is 174 Å². The first-order chi connectivity index (χ1) is 61.4. The summed E-state index contributed by atoms with van der Waals surface area (Å²) in [5, 5.41) is 64.2. The van der Waals surface area contributed by atoms with E-state index < -0.39 is 449 Å². The highest BCUT2D eigenvalue weighted by Crippen LogP contribution is 2.37. The molecular formula is C76H87N13O41. The van der Waals surface area contributed by atoms with Crippen molar-refractivity contribution in [1.82, 2.24) is 60.9 Å². The zero-order valence-electron chi connectivity index (χ0n) is 69.0. The quantitative estimate of drug-likeness (QED) is 0.0212. The van der Waals surface area contributed by atoms with Gasteiger partial charge in [-0.25, -0.2) is 43.2 Å². The molecule has 0 bridgehead atoms. The molecule has 17 amide bonds. The van der Waals surface area contributed by atoms with Gasteiger partial charge in [0.2, 0.25) is 46.8 Å². The normalized spacial score (nSPS) is 16.2. The van der Waals surface area contributed by atoms with Crippen LogP contribution in [0.3, 0.4) is 0 Å². The molecule has 0 spiro atoms. The van der Waals surface area contributed by atoms with Gasteiger partial charge in [0.15, 0.2) is 0 Å². The summed E-state index contributed by atoms with van der Waals surface area (Å²) in [6.07, 6.45) is -30.3. The van der Waals surface area contributed by atoms with Gasteiger partial charge in [-0.05, 0) is 57.8 Å². The minimum absolute atomic E-state index is 0.108. The molecule has 0 saturated carbocycles. The van der Waals surface area contributed by atoms with Crippen LogP contribution in [0.5, 0.6) is 23.5 Å². The van der Waals surface area contributed by atoms with E-state index in [4.69, 9.17) is 43.5 Å². The van der Waals surface area contributed by atoms with Crippen LogP contribution in [0.1, 0.15) is 244 Å². The van der Waals surface area contributed by atoms with Crippen molar-refractivity contribution in [3.63, 3.8) is 0 Å². The Morgan fingerprint density at radius 2 is 0.392 bits per heavy atom. The van der Waals surface area contributed by atoms with Crippen LogP contribution in [0.15, 0.2) is 24.3 Å². The second-order valence-corrected chi connectivity index (χ2v) is 30.9. The summed E-state index contributed by atoms with van der Waals surface area (Å²) in [4.78, 5) is 405. The van der Waals surface area contributed by atoms with E-state index in [1.165, 1.54) is 0 Å². The number of amides is 17. The number of nitrogens with one attached hydrogen (secondary N) is 3. The van der Waals surface area contributed by atoms with Gasteiger partial charge in [-0.1, -0.05) is 0 Å². The number of hydrogen-bond donors (Lipinski definition) is 7. The molecule has 0 atom stereocenters. The molecule has 7 fully saturated rings. The smallest absolute Gasteiger partial charge is 0.333 e. The molecule has 0 unspecified atom stereocenters. The molecule has 7 aliphatic heterocycles. The number of imide groups is 7. The molecule has 54 nitrogen and oxygen atoms in total. The first-order valence-corrected chi connectivity index (χ1v) is 40.6.